The highest BCUT2D eigenvalue weighted by atomic mass is 79.9. The SMILES string of the molecule is O=C(O)c1ccc(S(=O)(=O)NCC2CCC(O)C2)c(Br)c1. The summed E-state index contributed by atoms with van der Waals surface area (Å²) in [5, 5.41) is 18.3. The van der Waals surface area contributed by atoms with Crippen LogP contribution in [0.4, 0.5) is 0 Å². The van der Waals surface area contributed by atoms with Gasteiger partial charge in [-0.2, -0.15) is 0 Å². The molecule has 0 bridgehead atoms. The molecule has 116 valence electrons. The number of halogens is 1. The van der Waals surface area contributed by atoms with Gasteiger partial charge >= 0.3 is 5.97 Å². The van der Waals surface area contributed by atoms with Gasteiger partial charge in [-0.25, -0.2) is 17.9 Å². The van der Waals surface area contributed by atoms with Crippen LogP contribution in [0.5, 0.6) is 0 Å². The average molecular weight is 378 g/mol. The summed E-state index contributed by atoms with van der Waals surface area (Å²) >= 11 is 3.09. The van der Waals surface area contributed by atoms with Crippen molar-refractivity contribution in [2.45, 2.75) is 30.3 Å². The molecule has 0 saturated heterocycles. The summed E-state index contributed by atoms with van der Waals surface area (Å²) in [5.41, 5.74) is 0.0136. The van der Waals surface area contributed by atoms with Crippen LogP contribution in [-0.2, 0) is 10.0 Å². The van der Waals surface area contributed by atoms with Crippen molar-refractivity contribution in [2.24, 2.45) is 5.92 Å². The number of aliphatic hydroxyl groups is 1. The summed E-state index contributed by atoms with van der Waals surface area (Å²) in [6, 6.07) is 3.77. The van der Waals surface area contributed by atoms with Crippen molar-refractivity contribution in [1.82, 2.24) is 4.72 Å². The average Bonchev–Trinajstić information content (AvgIpc) is 2.82. The summed E-state index contributed by atoms with van der Waals surface area (Å²) in [4.78, 5) is 10.8. The summed E-state index contributed by atoms with van der Waals surface area (Å²) in [7, 11) is -3.71. The zero-order valence-corrected chi connectivity index (χ0v) is 13.5. The van der Waals surface area contributed by atoms with E-state index in [1.165, 1.54) is 18.2 Å². The first kappa shape index (κ1) is 16.4. The van der Waals surface area contributed by atoms with Crippen molar-refractivity contribution >= 4 is 31.9 Å². The van der Waals surface area contributed by atoms with Gasteiger partial charge in [0.05, 0.1) is 16.6 Å². The lowest BCUT2D eigenvalue weighted by Crippen LogP contribution is -2.29. The maximum atomic E-state index is 12.2. The van der Waals surface area contributed by atoms with Gasteiger partial charge in [0.1, 0.15) is 0 Å². The third-order valence-corrected chi connectivity index (χ3v) is 5.94. The van der Waals surface area contributed by atoms with Crippen LogP contribution in [0.2, 0.25) is 0 Å². The van der Waals surface area contributed by atoms with Gasteiger partial charge < -0.3 is 10.2 Å². The van der Waals surface area contributed by atoms with E-state index in [9.17, 15) is 18.3 Å². The molecule has 0 amide bonds. The molecule has 2 unspecified atom stereocenters. The lowest BCUT2D eigenvalue weighted by atomic mass is 10.1. The van der Waals surface area contributed by atoms with Crippen LogP contribution in [0, 0.1) is 5.92 Å². The minimum Gasteiger partial charge on any atom is -0.478 e. The number of carboxylic acid groups (broad SMARTS) is 1. The Morgan fingerprint density at radius 1 is 1.38 bits per heavy atom. The van der Waals surface area contributed by atoms with Crippen LogP contribution in [0.25, 0.3) is 0 Å². The van der Waals surface area contributed by atoms with Crippen LogP contribution in [-0.4, -0.2) is 37.2 Å². The van der Waals surface area contributed by atoms with Crippen molar-refractivity contribution in [3.63, 3.8) is 0 Å². The molecule has 1 aromatic rings. The van der Waals surface area contributed by atoms with E-state index >= 15 is 0 Å². The van der Waals surface area contributed by atoms with E-state index in [0.29, 0.717) is 12.8 Å². The molecule has 0 aliphatic heterocycles. The molecule has 8 heteroatoms. The molecule has 1 fully saturated rings. The number of hydrogen-bond acceptors (Lipinski definition) is 4. The van der Waals surface area contributed by atoms with E-state index in [0.717, 1.165) is 6.42 Å². The van der Waals surface area contributed by atoms with Gasteiger partial charge in [0, 0.05) is 11.0 Å². The predicted molar refractivity (Wildman–Crippen MR) is 79.6 cm³/mol. The number of rotatable bonds is 5. The Hall–Kier alpha value is -0.960. The molecular weight excluding hydrogens is 362 g/mol. The molecule has 3 N–H and O–H groups in total. The first-order valence-corrected chi connectivity index (χ1v) is 8.78. The van der Waals surface area contributed by atoms with Gasteiger partial charge in [0.15, 0.2) is 0 Å². The number of nitrogens with one attached hydrogen (secondary N) is 1. The Bertz CT molecular complexity index is 646. The molecule has 1 saturated carbocycles. The molecule has 21 heavy (non-hydrogen) atoms. The van der Waals surface area contributed by atoms with E-state index in [-0.39, 0.29) is 33.5 Å². The number of hydrogen-bond donors (Lipinski definition) is 3. The molecule has 0 radical (unpaired) electrons. The Balaban J connectivity index is 2.10. The Morgan fingerprint density at radius 2 is 2.10 bits per heavy atom. The van der Waals surface area contributed by atoms with Crippen molar-refractivity contribution in [1.29, 1.82) is 0 Å². The number of carbonyl (C=O) groups is 1. The molecule has 0 aromatic heterocycles. The Morgan fingerprint density at radius 3 is 2.62 bits per heavy atom. The topological polar surface area (TPSA) is 104 Å². The van der Waals surface area contributed by atoms with Crippen LogP contribution in [0.1, 0.15) is 29.6 Å². The lowest BCUT2D eigenvalue weighted by Gasteiger charge is -2.12. The summed E-state index contributed by atoms with van der Waals surface area (Å²) < 4.78 is 27.2. The smallest absolute Gasteiger partial charge is 0.335 e. The second-order valence-corrected chi connectivity index (χ2v) is 7.72. The summed E-state index contributed by atoms with van der Waals surface area (Å²) in [6.07, 6.45) is 1.74. The van der Waals surface area contributed by atoms with E-state index in [4.69, 9.17) is 5.11 Å². The van der Waals surface area contributed by atoms with Crippen molar-refractivity contribution in [3.05, 3.63) is 28.2 Å². The number of aliphatic hydroxyl groups excluding tert-OH is 1. The Labute approximate surface area is 131 Å². The van der Waals surface area contributed by atoms with Gasteiger partial charge in [-0.05, 0) is 59.3 Å². The number of sulfonamides is 1. The molecule has 2 rings (SSSR count). The molecule has 1 aromatic carbocycles. The standard InChI is InChI=1S/C13H16BrNO5S/c14-11-6-9(13(17)18)2-4-12(11)21(19,20)15-7-8-1-3-10(16)5-8/h2,4,6,8,10,15-16H,1,3,5,7H2,(H,17,18). The van der Waals surface area contributed by atoms with Crippen molar-refractivity contribution < 1.29 is 23.4 Å². The van der Waals surface area contributed by atoms with E-state index < -0.39 is 16.0 Å². The fourth-order valence-electron chi connectivity index (χ4n) is 2.39. The highest BCUT2D eigenvalue weighted by molar-refractivity contribution is 9.10. The zero-order valence-electron chi connectivity index (χ0n) is 11.1. The van der Waals surface area contributed by atoms with Crippen LogP contribution in [0.3, 0.4) is 0 Å². The second kappa shape index (κ2) is 6.43. The van der Waals surface area contributed by atoms with Crippen molar-refractivity contribution in [2.75, 3.05) is 6.54 Å². The third kappa shape index (κ3) is 4.03. The van der Waals surface area contributed by atoms with E-state index in [2.05, 4.69) is 20.7 Å². The second-order valence-electron chi connectivity index (χ2n) is 5.14. The number of carboxylic acids is 1. The maximum Gasteiger partial charge on any atom is 0.335 e. The number of aromatic carboxylic acids is 1. The molecule has 0 spiro atoms. The van der Waals surface area contributed by atoms with Gasteiger partial charge in [0.2, 0.25) is 10.0 Å². The van der Waals surface area contributed by atoms with Gasteiger partial charge in [0.25, 0.3) is 0 Å². The minimum atomic E-state index is -3.71. The van der Waals surface area contributed by atoms with E-state index in [1.807, 2.05) is 0 Å². The predicted octanol–water partition coefficient (Wildman–Crippen LogP) is 1.59. The fraction of sp³-hybridized carbons (Fsp3) is 0.462. The first-order valence-electron chi connectivity index (χ1n) is 6.50. The molecule has 1 aliphatic carbocycles. The maximum absolute atomic E-state index is 12.2. The molecule has 6 nitrogen and oxygen atoms in total. The van der Waals surface area contributed by atoms with E-state index in [1.54, 1.807) is 0 Å². The monoisotopic (exact) mass is 377 g/mol. The highest BCUT2D eigenvalue weighted by Gasteiger charge is 2.25. The third-order valence-electron chi connectivity index (χ3n) is 3.54. The van der Waals surface area contributed by atoms with Crippen LogP contribution in [0.15, 0.2) is 27.6 Å². The molecule has 2 atom stereocenters. The van der Waals surface area contributed by atoms with Gasteiger partial charge in [-0.1, -0.05) is 0 Å². The fourth-order valence-corrected chi connectivity index (χ4v) is 4.58. The Kier molecular flexibility index (Phi) is 5.03. The zero-order chi connectivity index (χ0) is 15.6. The van der Waals surface area contributed by atoms with Gasteiger partial charge in [-0.3, -0.25) is 0 Å². The molecule has 0 heterocycles. The van der Waals surface area contributed by atoms with Crippen molar-refractivity contribution in [3.8, 4) is 0 Å². The van der Waals surface area contributed by atoms with Crippen LogP contribution < -0.4 is 4.72 Å². The summed E-state index contributed by atoms with van der Waals surface area (Å²) in [6.45, 7) is 0.270. The first-order chi connectivity index (χ1) is 9.79. The number of benzene rings is 1. The summed E-state index contributed by atoms with van der Waals surface area (Å²) in [5.74, 6) is -0.987. The highest BCUT2D eigenvalue weighted by Crippen LogP contribution is 2.26. The molecule has 1 aliphatic rings. The quantitative estimate of drug-likeness (QED) is 0.722. The largest absolute Gasteiger partial charge is 0.478 e. The van der Waals surface area contributed by atoms with Gasteiger partial charge in [-0.15, -0.1) is 0 Å². The van der Waals surface area contributed by atoms with Crippen LogP contribution >= 0.6 is 15.9 Å². The normalized spacial score (nSPS) is 22.4. The minimum absolute atomic E-state index is 0.00560. The lowest BCUT2D eigenvalue weighted by molar-refractivity contribution is 0.0696. The molecular formula is C13H16BrNO5S.